The number of hydrogen-bond acceptors (Lipinski definition) is 0. The van der Waals surface area contributed by atoms with Crippen molar-refractivity contribution < 1.29 is 22.0 Å². The number of alkyl halides is 5. The molecule has 0 fully saturated rings. The van der Waals surface area contributed by atoms with E-state index in [9.17, 15) is 22.0 Å². The molecule has 0 bridgehead atoms. The van der Waals surface area contributed by atoms with Gasteiger partial charge in [0.1, 0.15) is 12.3 Å². The molecule has 0 radical (unpaired) electrons. The van der Waals surface area contributed by atoms with Crippen molar-refractivity contribution in [2.75, 3.05) is 0 Å². The van der Waals surface area contributed by atoms with Crippen molar-refractivity contribution in [1.82, 2.24) is 0 Å². The summed E-state index contributed by atoms with van der Waals surface area (Å²) in [6.45, 7) is 2.83. The highest BCUT2D eigenvalue weighted by Gasteiger charge is 2.35. The fraction of sp³-hybridized carbons (Fsp3) is 0.667. The van der Waals surface area contributed by atoms with Gasteiger partial charge in [-0.15, -0.1) is 6.58 Å². The molecular formula is C6H7F5. The molecule has 0 aliphatic rings. The molecule has 0 heterocycles. The van der Waals surface area contributed by atoms with Gasteiger partial charge in [-0.3, -0.25) is 0 Å². The van der Waals surface area contributed by atoms with Crippen LogP contribution >= 0.6 is 0 Å². The number of hydrogen-bond donors (Lipinski definition) is 0. The summed E-state index contributed by atoms with van der Waals surface area (Å²) in [5, 5.41) is 0. The first kappa shape index (κ1) is 10.4. The minimum Gasteiger partial charge on any atom is -0.244 e. The van der Waals surface area contributed by atoms with Crippen molar-refractivity contribution in [2.24, 2.45) is 0 Å². The maximum absolute atomic E-state index is 12.1. The molecule has 0 aromatic heterocycles. The van der Waals surface area contributed by atoms with Crippen LogP contribution < -0.4 is 0 Å². The highest BCUT2D eigenvalue weighted by atomic mass is 19.4. The van der Waals surface area contributed by atoms with Crippen molar-refractivity contribution in [3.8, 4) is 0 Å². The zero-order chi connectivity index (χ0) is 9.07. The third-order valence-electron chi connectivity index (χ3n) is 0.997. The van der Waals surface area contributed by atoms with Crippen LogP contribution in [0.15, 0.2) is 12.7 Å². The van der Waals surface area contributed by atoms with Crippen LogP contribution in [0.1, 0.15) is 6.42 Å². The Bertz CT molecular complexity index is 127. The van der Waals surface area contributed by atoms with Gasteiger partial charge in [0.25, 0.3) is 0 Å². The van der Waals surface area contributed by atoms with Gasteiger partial charge in [0.05, 0.1) is 6.42 Å². The van der Waals surface area contributed by atoms with Crippen molar-refractivity contribution in [2.45, 2.75) is 24.9 Å². The summed E-state index contributed by atoms with van der Waals surface area (Å²) < 4.78 is 58.3. The second-order valence-corrected chi connectivity index (χ2v) is 2.02. The average Bonchev–Trinajstić information content (AvgIpc) is 1.82. The first-order chi connectivity index (χ1) is 4.87. The standard InChI is InChI=1S/C6H7F5/c1-2-4(7)5(8)3-6(9,10)11/h2,4-5H,1,3H2. The lowest BCUT2D eigenvalue weighted by molar-refractivity contribution is -0.149. The molecule has 0 aromatic rings. The molecule has 0 spiro atoms. The number of rotatable bonds is 3. The predicted molar refractivity (Wildman–Crippen MR) is 30.7 cm³/mol. The summed E-state index contributed by atoms with van der Waals surface area (Å²) in [7, 11) is 0. The van der Waals surface area contributed by atoms with Crippen LogP contribution in [0.25, 0.3) is 0 Å². The fourth-order valence-corrected chi connectivity index (χ4v) is 0.481. The lowest BCUT2D eigenvalue weighted by Gasteiger charge is -2.11. The molecule has 0 amide bonds. The van der Waals surface area contributed by atoms with Gasteiger partial charge in [0, 0.05) is 0 Å². The summed E-state index contributed by atoms with van der Waals surface area (Å²) in [4.78, 5) is 0. The summed E-state index contributed by atoms with van der Waals surface area (Å²) in [5.41, 5.74) is 0. The molecule has 2 atom stereocenters. The highest BCUT2D eigenvalue weighted by molar-refractivity contribution is 4.86. The largest absolute Gasteiger partial charge is 0.392 e. The summed E-state index contributed by atoms with van der Waals surface area (Å²) >= 11 is 0. The van der Waals surface area contributed by atoms with E-state index < -0.39 is 24.9 Å². The van der Waals surface area contributed by atoms with Gasteiger partial charge < -0.3 is 0 Å². The number of halogens is 5. The van der Waals surface area contributed by atoms with Crippen LogP contribution in [-0.4, -0.2) is 18.5 Å². The zero-order valence-electron chi connectivity index (χ0n) is 5.54. The molecule has 2 unspecified atom stereocenters. The first-order valence-corrected chi connectivity index (χ1v) is 2.84. The molecule has 0 aliphatic heterocycles. The third kappa shape index (κ3) is 4.75. The molecule has 0 saturated carbocycles. The van der Waals surface area contributed by atoms with E-state index in [2.05, 4.69) is 6.58 Å². The monoisotopic (exact) mass is 174 g/mol. The Hall–Kier alpha value is -0.610. The topological polar surface area (TPSA) is 0 Å². The maximum atomic E-state index is 12.1. The summed E-state index contributed by atoms with van der Waals surface area (Å²) in [6, 6.07) is 0. The molecule has 11 heavy (non-hydrogen) atoms. The quantitative estimate of drug-likeness (QED) is 0.455. The van der Waals surface area contributed by atoms with Gasteiger partial charge in [0.2, 0.25) is 0 Å². The molecule has 5 heteroatoms. The fourth-order valence-electron chi connectivity index (χ4n) is 0.481. The van der Waals surface area contributed by atoms with E-state index >= 15 is 0 Å². The Labute approximate surface area is 60.7 Å². The maximum Gasteiger partial charge on any atom is 0.392 e. The Morgan fingerprint density at radius 3 is 2.00 bits per heavy atom. The van der Waals surface area contributed by atoms with Crippen molar-refractivity contribution in [3.05, 3.63) is 12.7 Å². The smallest absolute Gasteiger partial charge is 0.244 e. The molecule has 0 rings (SSSR count). The SMILES string of the molecule is C=CC(F)C(F)CC(F)(F)F. The molecule has 0 N–H and O–H groups in total. The Kier molecular flexibility index (Phi) is 3.48. The molecule has 66 valence electrons. The van der Waals surface area contributed by atoms with Crippen LogP contribution in [0, 0.1) is 0 Å². The van der Waals surface area contributed by atoms with Gasteiger partial charge in [-0.1, -0.05) is 6.08 Å². The van der Waals surface area contributed by atoms with Crippen molar-refractivity contribution in [3.63, 3.8) is 0 Å². The van der Waals surface area contributed by atoms with E-state index in [1.54, 1.807) is 0 Å². The van der Waals surface area contributed by atoms with Gasteiger partial charge in [-0.05, 0) is 0 Å². The van der Waals surface area contributed by atoms with Crippen molar-refractivity contribution >= 4 is 0 Å². The van der Waals surface area contributed by atoms with Gasteiger partial charge in [0.15, 0.2) is 0 Å². The second-order valence-electron chi connectivity index (χ2n) is 2.02. The molecule has 0 aliphatic carbocycles. The number of allylic oxidation sites excluding steroid dienone is 1. The predicted octanol–water partition coefficient (Wildman–Crippen LogP) is 2.80. The zero-order valence-corrected chi connectivity index (χ0v) is 5.54. The van der Waals surface area contributed by atoms with Crippen LogP contribution in [0.4, 0.5) is 22.0 Å². The van der Waals surface area contributed by atoms with Crippen molar-refractivity contribution in [1.29, 1.82) is 0 Å². The molecular weight excluding hydrogens is 167 g/mol. The minimum atomic E-state index is -4.66. The lowest BCUT2D eigenvalue weighted by Crippen LogP contribution is -2.23. The Morgan fingerprint density at radius 2 is 1.73 bits per heavy atom. The van der Waals surface area contributed by atoms with E-state index in [4.69, 9.17) is 0 Å². The van der Waals surface area contributed by atoms with Crippen LogP contribution in [0.5, 0.6) is 0 Å². The lowest BCUT2D eigenvalue weighted by atomic mass is 10.2. The van der Waals surface area contributed by atoms with Crippen LogP contribution in [-0.2, 0) is 0 Å². The van der Waals surface area contributed by atoms with E-state index in [0.29, 0.717) is 6.08 Å². The Morgan fingerprint density at radius 1 is 1.27 bits per heavy atom. The molecule has 0 aromatic carbocycles. The Balaban J connectivity index is 3.86. The first-order valence-electron chi connectivity index (χ1n) is 2.84. The summed E-state index contributed by atoms with van der Waals surface area (Å²) in [6.07, 6.45) is -10.7. The van der Waals surface area contributed by atoms with E-state index in [1.807, 2.05) is 0 Å². The molecule has 0 nitrogen and oxygen atoms in total. The second kappa shape index (κ2) is 3.69. The van der Waals surface area contributed by atoms with Crippen LogP contribution in [0.2, 0.25) is 0 Å². The van der Waals surface area contributed by atoms with Gasteiger partial charge >= 0.3 is 6.18 Å². The minimum absolute atomic E-state index is 0.510. The highest BCUT2D eigenvalue weighted by Crippen LogP contribution is 2.25. The average molecular weight is 174 g/mol. The molecule has 0 saturated heterocycles. The van der Waals surface area contributed by atoms with Crippen LogP contribution in [0.3, 0.4) is 0 Å². The van der Waals surface area contributed by atoms with Gasteiger partial charge in [-0.25, -0.2) is 8.78 Å². The van der Waals surface area contributed by atoms with Gasteiger partial charge in [-0.2, -0.15) is 13.2 Å². The normalized spacial score (nSPS) is 17.5. The van der Waals surface area contributed by atoms with E-state index in [0.717, 1.165) is 0 Å². The van der Waals surface area contributed by atoms with E-state index in [1.165, 1.54) is 0 Å². The summed E-state index contributed by atoms with van der Waals surface area (Å²) in [5.74, 6) is 0. The third-order valence-corrected chi connectivity index (χ3v) is 0.997. The van der Waals surface area contributed by atoms with E-state index in [-0.39, 0.29) is 0 Å².